The molecule has 0 aliphatic carbocycles. The van der Waals surface area contributed by atoms with Gasteiger partial charge in [0.15, 0.2) is 0 Å². The smallest absolute Gasteiger partial charge is 0.371 e. The molecular formula is C16H10N2O5S2. The van der Waals surface area contributed by atoms with Crippen molar-refractivity contribution in [3.63, 3.8) is 0 Å². The average Bonchev–Trinajstić information content (AvgIpc) is 3.30. The van der Waals surface area contributed by atoms with Crippen LogP contribution in [0, 0.1) is 0 Å². The molecule has 2 N–H and O–H groups in total. The number of fused-ring (bicyclic) bond motifs is 1. The number of H-pyrrole nitrogens is 1. The van der Waals surface area contributed by atoms with Crippen LogP contribution in [0.3, 0.4) is 0 Å². The minimum atomic E-state index is -1.21. The summed E-state index contributed by atoms with van der Waals surface area (Å²) in [5.74, 6) is -1.23. The van der Waals surface area contributed by atoms with Gasteiger partial charge in [0, 0.05) is 15.8 Å². The van der Waals surface area contributed by atoms with E-state index in [1.165, 1.54) is 34.8 Å². The van der Waals surface area contributed by atoms with E-state index in [-0.39, 0.29) is 18.1 Å². The van der Waals surface area contributed by atoms with Crippen molar-refractivity contribution < 1.29 is 14.3 Å². The number of aromatic amines is 1. The van der Waals surface area contributed by atoms with E-state index in [4.69, 9.17) is 9.52 Å². The molecule has 0 aliphatic heterocycles. The maximum absolute atomic E-state index is 12.9. The Bertz CT molecular complexity index is 1190. The van der Waals surface area contributed by atoms with Gasteiger partial charge in [-0.3, -0.25) is 14.3 Å². The van der Waals surface area contributed by atoms with E-state index >= 15 is 0 Å². The normalized spacial score (nSPS) is 11.2. The highest BCUT2D eigenvalue weighted by Gasteiger charge is 2.17. The van der Waals surface area contributed by atoms with E-state index in [0.29, 0.717) is 10.2 Å². The molecule has 0 saturated heterocycles. The maximum atomic E-state index is 12.9. The Morgan fingerprint density at radius 2 is 2.08 bits per heavy atom. The largest absolute Gasteiger partial charge is 0.475 e. The SMILES string of the molecule is O=C(O)c1ccc(Cn2c(=O)[nH]c3scc(-c4cccs4)c3c2=O)o1. The number of rotatable bonds is 4. The van der Waals surface area contributed by atoms with Crippen molar-refractivity contribution in [1.29, 1.82) is 0 Å². The number of carboxylic acid groups (broad SMARTS) is 1. The fraction of sp³-hybridized carbons (Fsp3) is 0.0625. The first-order valence-electron chi connectivity index (χ1n) is 7.15. The molecule has 4 aromatic rings. The predicted octanol–water partition coefficient (Wildman–Crippen LogP) is 2.82. The fourth-order valence-electron chi connectivity index (χ4n) is 2.54. The molecule has 0 aliphatic rings. The van der Waals surface area contributed by atoms with Gasteiger partial charge in [0.25, 0.3) is 5.56 Å². The highest BCUT2D eigenvalue weighted by molar-refractivity contribution is 7.18. The van der Waals surface area contributed by atoms with Crippen molar-refractivity contribution in [3.05, 3.63) is 67.4 Å². The van der Waals surface area contributed by atoms with Crippen molar-refractivity contribution in [3.8, 4) is 10.4 Å². The number of thiophene rings is 2. The van der Waals surface area contributed by atoms with Crippen LogP contribution in [0.25, 0.3) is 20.7 Å². The van der Waals surface area contributed by atoms with Gasteiger partial charge in [-0.15, -0.1) is 22.7 Å². The molecule has 0 saturated carbocycles. The minimum Gasteiger partial charge on any atom is -0.475 e. The molecule has 25 heavy (non-hydrogen) atoms. The van der Waals surface area contributed by atoms with E-state index in [0.717, 1.165) is 15.0 Å². The first-order chi connectivity index (χ1) is 12.0. The van der Waals surface area contributed by atoms with E-state index in [9.17, 15) is 14.4 Å². The van der Waals surface area contributed by atoms with Crippen LogP contribution in [0.15, 0.2) is 49.0 Å². The Hall–Kier alpha value is -2.91. The quantitative estimate of drug-likeness (QED) is 0.571. The van der Waals surface area contributed by atoms with Gasteiger partial charge in [-0.1, -0.05) is 6.07 Å². The van der Waals surface area contributed by atoms with Gasteiger partial charge in [0.2, 0.25) is 5.76 Å². The number of aromatic carboxylic acids is 1. The van der Waals surface area contributed by atoms with Crippen molar-refractivity contribution >= 4 is 38.9 Å². The summed E-state index contributed by atoms with van der Waals surface area (Å²) in [6.07, 6.45) is 0. The summed E-state index contributed by atoms with van der Waals surface area (Å²) in [6, 6.07) is 6.53. The molecule has 0 unspecified atom stereocenters. The van der Waals surface area contributed by atoms with Crippen LogP contribution >= 0.6 is 22.7 Å². The van der Waals surface area contributed by atoms with E-state index < -0.39 is 17.2 Å². The second-order valence-corrected chi connectivity index (χ2v) is 7.05. The fourth-order valence-corrected chi connectivity index (χ4v) is 4.31. The van der Waals surface area contributed by atoms with Gasteiger partial charge in [-0.2, -0.15) is 0 Å². The molecule has 9 heteroatoms. The molecule has 0 amide bonds. The number of nitrogens with one attached hydrogen (secondary N) is 1. The Kier molecular flexibility index (Phi) is 3.66. The minimum absolute atomic E-state index is 0.142. The molecular weight excluding hydrogens is 364 g/mol. The first-order valence-corrected chi connectivity index (χ1v) is 8.90. The monoisotopic (exact) mass is 374 g/mol. The van der Waals surface area contributed by atoms with Crippen LogP contribution in [-0.4, -0.2) is 20.6 Å². The molecule has 126 valence electrons. The van der Waals surface area contributed by atoms with Gasteiger partial charge in [-0.05, 0) is 23.6 Å². The Labute approximate surface area is 147 Å². The lowest BCUT2D eigenvalue weighted by Gasteiger charge is -2.03. The molecule has 7 nitrogen and oxygen atoms in total. The average molecular weight is 374 g/mol. The summed E-state index contributed by atoms with van der Waals surface area (Å²) in [6.45, 7) is -0.142. The van der Waals surface area contributed by atoms with Crippen LogP contribution < -0.4 is 11.2 Å². The number of carbonyl (C=O) groups is 1. The van der Waals surface area contributed by atoms with Crippen molar-refractivity contribution in [2.45, 2.75) is 6.54 Å². The summed E-state index contributed by atoms with van der Waals surface area (Å²) in [5, 5.41) is 13.1. The van der Waals surface area contributed by atoms with Gasteiger partial charge < -0.3 is 9.52 Å². The third-order valence-corrected chi connectivity index (χ3v) is 5.49. The van der Waals surface area contributed by atoms with Crippen molar-refractivity contribution in [2.24, 2.45) is 0 Å². The third kappa shape index (κ3) is 2.63. The highest BCUT2D eigenvalue weighted by Crippen LogP contribution is 2.33. The zero-order valence-electron chi connectivity index (χ0n) is 12.5. The zero-order valence-corrected chi connectivity index (χ0v) is 14.1. The summed E-state index contributed by atoms with van der Waals surface area (Å²) >= 11 is 2.81. The number of nitrogens with zero attached hydrogens (tertiary/aromatic N) is 1. The van der Waals surface area contributed by atoms with E-state index in [1.807, 2.05) is 22.9 Å². The molecule has 0 radical (unpaired) electrons. The summed E-state index contributed by atoms with van der Waals surface area (Å²) < 4.78 is 6.16. The van der Waals surface area contributed by atoms with Crippen LogP contribution in [0.5, 0.6) is 0 Å². The summed E-state index contributed by atoms with van der Waals surface area (Å²) in [5.41, 5.74) is -0.224. The Morgan fingerprint density at radius 3 is 2.76 bits per heavy atom. The summed E-state index contributed by atoms with van der Waals surface area (Å²) in [7, 11) is 0. The van der Waals surface area contributed by atoms with E-state index in [1.54, 1.807) is 0 Å². The first kappa shape index (κ1) is 15.6. The number of carboxylic acids is 1. The standard InChI is InChI=1S/C16H10N2O5S2/c19-14-12-9(11-2-1-5-24-11)7-25-13(12)17-16(22)18(14)6-8-3-4-10(23-8)15(20)21/h1-5,7H,6H2,(H,17,22)(H,20,21). The lowest BCUT2D eigenvalue weighted by atomic mass is 10.2. The van der Waals surface area contributed by atoms with Crippen LogP contribution in [0.4, 0.5) is 0 Å². The van der Waals surface area contributed by atoms with Crippen LogP contribution in [0.2, 0.25) is 0 Å². The molecule has 0 aromatic carbocycles. The van der Waals surface area contributed by atoms with Gasteiger partial charge >= 0.3 is 11.7 Å². The molecule has 0 fully saturated rings. The highest BCUT2D eigenvalue weighted by atomic mass is 32.1. The molecule has 0 spiro atoms. The molecule has 4 rings (SSSR count). The predicted molar refractivity (Wildman–Crippen MR) is 94.8 cm³/mol. The van der Waals surface area contributed by atoms with Crippen LogP contribution in [-0.2, 0) is 6.54 Å². The topological polar surface area (TPSA) is 105 Å². The van der Waals surface area contributed by atoms with E-state index in [2.05, 4.69) is 4.98 Å². The zero-order chi connectivity index (χ0) is 17.6. The lowest BCUT2D eigenvalue weighted by Crippen LogP contribution is -2.35. The summed E-state index contributed by atoms with van der Waals surface area (Å²) in [4.78, 5) is 40.2. The van der Waals surface area contributed by atoms with Crippen molar-refractivity contribution in [2.75, 3.05) is 0 Å². The van der Waals surface area contributed by atoms with Crippen LogP contribution in [0.1, 0.15) is 16.3 Å². The number of hydrogen-bond acceptors (Lipinski definition) is 6. The molecule has 4 aromatic heterocycles. The second-order valence-electron chi connectivity index (χ2n) is 5.22. The third-order valence-electron chi connectivity index (χ3n) is 3.69. The molecule has 0 atom stereocenters. The maximum Gasteiger partial charge on any atom is 0.371 e. The van der Waals surface area contributed by atoms with Gasteiger partial charge in [0.05, 0.1) is 11.9 Å². The lowest BCUT2D eigenvalue weighted by molar-refractivity contribution is 0.0660. The Balaban J connectivity index is 1.86. The number of aromatic nitrogens is 2. The molecule has 0 bridgehead atoms. The number of furan rings is 1. The number of hydrogen-bond donors (Lipinski definition) is 2. The molecule has 4 heterocycles. The van der Waals surface area contributed by atoms with Gasteiger partial charge in [-0.25, -0.2) is 9.59 Å². The second kappa shape index (κ2) is 5.87. The van der Waals surface area contributed by atoms with Crippen molar-refractivity contribution in [1.82, 2.24) is 9.55 Å². The Morgan fingerprint density at radius 1 is 1.24 bits per heavy atom. The van der Waals surface area contributed by atoms with Gasteiger partial charge in [0.1, 0.15) is 10.6 Å².